The lowest BCUT2D eigenvalue weighted by Crippen LogP contribution is -2.37. The van der Waals surface area contributed by atoms with Crippen LogP contribution in [0.1, 0.15) is 27.8 Å². The molecule has 0 saturated carbocycles. The van der Waals surface area contributed by atoms with Crippen molar-refractivity contribution in [1.29, 1.82) is 0 Å². The van der Waals surface area contributed by atoms with Crippen molar-refractivity contribution in [3.05, 3.63) is 73.1 Å². The van der Waals surface area contributed by atoms with Gasteiger partial charge in [0.15, 0.2) is 0 Å². The van der Waals surface area contributed by atoms with Gasteiger partial charge in [-0.1, -0.05) is 17.7 Å². The molecular weight excluding hydrogens is 320 g/mol. The van der Waals surface area contributed by atoms with E-state index in [2.05, 4.69) is 0 Å². The van der Waals surface area contributed by atoms with E-state index in [-0.39, 0.29) is 12.2 Å². The van der Waals surface area contributed by atoms with Gasteiger partial charge >= 0.3 is 11.7 Å². The highest BCUT2D eigenvalue weighted by molar-refractivity contribution is 5.86. The minimum atomic E-state index is -0.546. The summed E-state index contributed by atoms with van der Waals surface area (Å²) in [6.45, 7) is 6.15. The third-order valence-corrected chi connectivity index (χ3v) is 4.07. The molecule has 0 N–H and O–H groups in total. The van der Waals surface area contributed by atoms with Crippen LogP contribution >= 0.6 is 0 Å². The Labute approximate surface area is 146 Å². The molecule has 0 bridgehead atoms. The van der Waals surface area contributed by atoms with Gasteiger partial charge in [0.05, 0.1) is 5.56 Å². The molecule has 0 unspecified atom stereocenters. The minimum Gasteiger partial charge on any atom is -0.458 e. The monoisotopic (exact) mass is 342 g/mol. The quantitative estimate of drug-likeness (QED) is 0.627. The summed E-state index contributed by atoms with van der Waals surface area (Å²) >= 11 is 0. The van der Waals surface area contributed by atoms with E-state index in [9.17, 15) is 14.4 Å². The van der Waals surface area contributed by atoms with Gasteiger partial charge < -0.3 is 9.30 Å². The SMILES string of the molecule is Cc1cc(C)c(COC(=O)/C=C/c2cn(C)c(=O)n(C)c2=O)c(C)c1. The van der Waals surface area contributed by atoms with Gasteiger partial charge in [0.2, 0.25) is 0 Å². The first-order chi connectivity index (χ1) is 11.7. The molecule has 25 heavy (non-hydrogen) atoms. The molecule has 0 fully saturated rings. The van der Waals surface area contributed by atoms with E-state index < -0.39 is 17.2 Å². The summed E-state index contributed by atoms with van der Waals surface area (Å²) in [6.07, 6.45) is 3.95. The Morgan fingerprint density at radius 1 is 1.12 bits per heavy atom. The third kappa shape index (κ3) is 4.15. The molecule has 0 amide bonds. The van der Waals surface area contributed by atoms with Gasteiger partial charge in [-0.3, -0.25) is 9.36 Å². The van der Waals surface area contributed by atoms with Crippen molar-refractivity contribution in [3.63, 3.8) is 0 Å². The second-order valence-electron chi connectivity index (χ2n) is 6.16. The molecule has 0 aliphatic heterocycles. The molecule has 0 atom stereocenters. The van der Waals surface area contributed by atoms with Crippen LogP contribution in [0.4, 0.5) is 0 Å². The number of carbonyl (C=O) groups is 1. The van der Waals surface area contributed by atoms with Gasteiger partial charge in [0, 0.05) is 26.4 Å². The van der Waals surface area contributed by atoms with Crippen molar-refractivity contribution in [2.24, 2.45) is 14.1 Å². The fourth-order valence-electron chi connectivity index (χ4n) is 2.74. The zero-order valence-corrected chi connectivity index (χ0v) is 15.1. The van der Waals surface area contributed by atoms with Gasteiger partial charge in [-0.2, -0.15) is 0 Å². The Bertz CT molecular complexity index is 941. The third-order valence-electron chi connectivity index (χ3n) is 4.07. The lowest BCUT2D eigenvalue weighted by Gasteiger charge is -2.11. The van der Waals surface area contributed by atoms with Crippen LogP contribution in [0.3, 0.4) is 0 Å². The van der Waals surface area contributed by atoms with Crippen molar-refractivity contribution >= 4 is 12.0 Å². The number of hydrogen-bond acceptors (Lipinski definition) is 4. The van der Waals surface area contributed by atoms with Crippen LogP contribution in [0.2, 0.25) is 0 Å². The Hall–Kier alpha value is -2.89. The first-order valence-corrected chi connectivity index (χ1v) is 7.89. The molecule has 6 heteroatoms. The molecule has 2 rings (SSSR count). The molecule has 6 nitrogen and oxygen atoms in total. The molecule has 0 saturated heterocycles. The zero-order chi connectivity index (χ0) is 18.7. The van der Waals surface area contributed by atoms with E-state index in [1.807, 2.05) is 32.9 Å². The summed E-state index contributed by atoms with van der Waals surface area (Å²) in [4.78, 5) is 35.6. The standard InChI is InChI=1S/C19H22N2O4/c1-12-8-13(2)16(14(3)9-12)11-25-17(22)7-6-15-10-20(4)19(24)21(5)18(15)23/h6-10H,11H2,1-5H3/b7-6+. The van der Waals surface area contributed by atoms with Gasteiger partial charge in [-0.25, -0.2) is 9.59 Å². The molecule has 1 aromatic carbocycles. The van der Waals surface area contributed by atoms with Crippen molar-refractivity contribution < 1.29 is 9.53 Å². The maximum atomic E-state index is 12.0. The van der Waals surface area contributed by atoms with Crippen LogP contribution in [-0.2, 0) is 30.2 Å². The fourth-order valence-corrected chi connectivity index (χ4v) is 2.74. The lowest BCUT2D eigenvalue weighted by molar-refractivity contribution is -0.138. The maximum absolute atomic E-state index is 12.0. The Morgan fingerprint density at radius 3 is 2.32 bits per heavy atom. The highest BCUT2D eigenvalue weighted by Crippen LogP contribution is 2.17. The van der Waals surface area contributed by atoms with Crippen molar-refractivity contribution in [3.8, 4) is 0 Å². The number of carbonyl (C=O) groups excluding carboxylic acids is 1. The Kier molecular flexibility index (Phi) is 5.41. The van der Waals surface area contributed by atoms with E-state index in [1.54, 1.807) is 7.05 Å². The number of nitrogens with zero attached hydrogens (tertiary/aromatic N) is 2. The Balaban J connectivity index is 2.13. The minimum absolute atomic E-state index is 0.173. The summed E-state index contributed by atoms with van der Waals surface area (Å²) < 4.78 is 7.55. The molecule has 0 radical (unpaired) electrons. The van der Waals surface area contributed by atoms with E-state index in [0.29, 0.717) is 0 Å². The number of aromatic nitrogens is 2. The van der Waals surface area contributed by atoms with Crippen LogP contribution in [-0.4, -0.2) is 15.1 Å². The van der Waals surface area contributed by atoms with Crippen LogP contribution in [0.5, 0.6) is 0 Å². The molecule has 132 valence electrons. The van der Waals surface area contributed by atoms with Crippen molar-refractivity contribution in [2.75, 3.05) is 0 Å². The number of rotatable bonds is 4. The first kappa shape index (κ1) is 18.4. The Morgan fingerprint density at radius 2 is 1.72 bits per heavy atom. The number of hydrogen-bond donors (Lipinski definition) is 0. The molecule has 0 spiro atoms. The van der Waals surface area contributed by atoms with Crippen LogP contribution < -0.4 is 11.2 Å². The summed E-state index contributed by atoms with van der Waals surface area (Å²) in [7, 11) is 2.93. The largest absolute Gasteiger partial charge is 0.458 e. The summed E-state index contributed by atoms with van der Waals surface area (Å²) in [5.41, 5.74) is 3.64. The van der Waals surface area contributed by atoms with Crippen LogP contribution in [0.25, 0.3) is 6.08 Å². The average molecular weight is 342 g/mol. The molecule has 1 heterocycles. The number of esters is 1. The fraction of sp³-hybridized carbons (Fsp3) is 0.316. The number of ether oxygens (including phenoxy) is 1. The van der Waals surface area contributed by atoms with E-state index in [1.165, 1.54) is 30.0 Å². The first-order valence-electron chi connectivity index (χ1n) is 7.89. The predicted molar refractivity (Wildman–Crippen MR) is 96.4 cm³/mol. The topological polar surface area (TPSA) is 70.3 Å². The second kappa shape index (κ2) is 7.34. The van der Waals surface area contributed by atoms with E-state index in [0.717, 1.165) is 26.8 Å². The number of aryl methyl sites for hydroxylation is 4. The highest BCUT2D eigenvalue weighted by atomic mass is 16.5. The molecule has 1 aromatic heterocycles. The molecule has 2 aromatic rings. The number of benzene rings is 1. The summed E-state index contributed by atoms with van der Waals surface area (Å²) in [6, 6.07) is 4.08. The average Bonchev–Trinajstić information content (AvgIpc) is 2.54. The second-order valence-corrected chi connectivity index (χ2v) is 6.16. The van der Waals surface area contributed by atoms with Crippen LogP contribution in [0.15, 0.2) is 34.0 Å². The predicted octanol–water partition coefficient (Wildman–Crippen LogP) is 1.77. The van der Waals surface area contributed by atoms with Gasteiger partial charge in [-0.15, -0.1) is 0 Å². The van der Waals surface area contributed by atoms with Gasteiger partial charge in [0.1, 0.15) is 6.61 Å². The van der Waals surface area contributed by atoms with Crippen molar-refractivity contribution in [1.82, 2.24) is 9.13 Å². The van der Waals surface area contributed by atoms with Crippen molar-refractivity contribution in [2.45, 2.75) is 27.4 Å². The van der Waals surface area contributed by atoms with E-state index in [4.69, 9.17) is 4.74 Å². The lowest BCUT2D eigenvalue weighted by atomic mass is 10.0. The molecule has 0 aliphatic carbocycles. The van der Waals surface area contributed by atoms with Crippen LogP contribution in [0, 0.1) is 20.8 Å². The normalized spacial score (nSPS) is 11.1. The van der Waals surface area contributed by atoms with E-state index >= 15 is 0 Å². The summed E-state index contributed by atoms with van der Waals surface area (Å²) in [5, 5.41) is 0. The smallest absolute Gasteiger partial charge is 0.331 e. The van der Waals surface area contributed by atoms with Gasteiger partial charge in [-0.05, 0) is 43.5 Å². The maximum Gasteiger partial charge on any atom is 0.331 e. The molecular formula is C19H22N2O4. The summed E-state index contributed by atoms with van der Waals surface area (Å²) in [5.74, 6) is -0.546. The highest BCUT2D eigenvalue weighted by Gasteiger charge is 2.08. The zero-order valence-electron chi connectivity index (χ0n) is 15.1. The molecule has 0 aliphatic rings. The van der Waals surface area contributed by atoms with Gasteiger partial charge in [0.25, 0.3) is 5.56 Å².